The molecule has 0 bridgehead atoms. The van der Waals surface area contributed by atoms with Crippen LogP contribution in [0.4, 0.5) is 0 Å². The number of nitrogens with one attached hydrogen (secondary N) is 1. The van der Waals surface area contributed by atoms with Crippen molar-refractivity contribution in [1.29, 1.82) is 0 Å². The van der Waals surface area contributed by atoms with Gasteiger partial charge < -0.3 is 4.98 Å². The van der Waals surface area contributed by atoms with Gasteiger partial charge in [-0.3, -0.25) is 0 Å². The van der Waals surface area contributed by atoms with E-state index < -0.39 is 0 Å². The third kappa shape index (κ3) is 1.86. The van der Waals surface area contributed by atoms with Gasteiger partial charge in [0.2, 0.25) is 0 Å². The molecule has 0 aliphatic carbocycles. The molecule has 1 N–H and O–H groups in total. The molecule has 0 amide bonds. The average Bonchev–Trinajstić information content (AvgIpc) is 2.94. The van der Waals surface area contributed by atoms with Crippen LogP contribution in [-0.2, 0) is 0 Å². The van der Waals surface area contributed by atoms with E-state index in [0.717, 1.165) is 5.56 Å². The number of H-pyrrole nitrogens is 1. The molecule has 100 valence electrons. The van der Waals surface area contributed by atoms with E-state index in [2.05, 4.69) is 78.3 Å². The molecule has 0 radical (unpaired) electrons. The number of para-hydroxylation sites is 2. The van der Waals surface area contributed by atoms with E-state index in [1.165, 1.54) is 32.9 Å². The molecule has 4 aromatic rings. The number of hydrogen-bond acceptors (Lipinski definition) is 0. The van der Waals surface area contributed by atoms with Gasteiger partial charge in [0.25, 0.3) is 0 Å². The molecule has 21 heavy (non-hydrogen) atoms. The molecular weight excluding hydrogens is 254 g/mol. The summed E-state index contributed by atoms with van der Waals surface area (Å²) in [5.74, 6) is 0. The highest BCUT2D eigenvalue weighted by Crippen LogP contribution is 2.33. The molecule has 1 nitrogen and oxygen atoms in total. The fraction of sp³-hybridized carbons (Fsp3) is 0. The molecule has 3 aromatic carbocycles. The summed E-state index contributed by atoms with van der Waals surface area (Å²) in [6, 6.07) is 23.4. The maximum Gasteiger partial charge on any atom is 0.0544 e. The van der Waals surface area contributed by atoms with E-state index in [9.17, 15) is 0 Å². The molecule has 0 unspecified atom stereocenters. The average molecular weight is 269 g/mol. The van der Waals surface area contributed by atoms with Gasteiger partial charge in [-0.15, -0.1) is 0 Å². The highest BCUT2D eigenvalue weighted by molar-refractivity contribution is 6.11. The molecule has 0 aliphatic heterocycles. The third-order valence-electron chi connectivity index (χ3n) is 4.00. The molecule has 0 fully saturated rings. The van der Waals surface area contributed by atoms with Crippen molar-refractivity contribution in [3.8, 4) is 11.1 Å². The summed E-state index contributed by atoms with van der Waals surface area (Å²) in [5, 5.41) is 2.55. The maximum absolute atomic E-state index is 3.81. The minimum atomic E-state index is 1.14. The van der Waals surface area contributed by atoms with Crippen LogP contribution in [0.15, 0.2) is 73.3 Å². The fourth-order valence-electron chi connectivity index (χ4n) is 2.91. The Morgan fingerprint density at radius 2 is 1.52 bits per heavy atom. The van der Waals surface area contributed by atoms with Gasteiger partial charge in [-0.1, -0.05) is 73.3 Å². The smallest absolute Gasteiger partial charge is 0.0544 e. The molecule has 0 saturated heterocycles. The SMILES string of the molecule is C=Cc1ccc(-c2cccc3c2[nH]c2ccccc23)cc1. The van der Waals surface area contributed by atoms with E-state index >= 15 is 0 Å². The Balaban J connectivity index is 2.01. The van der Waals surface area contributed by atoms with E-state index in [0.29, 0.717) is 0 Å². The lowest BCUT2D eigenvalue weighted by molar-refractivity contribution is 1.53. The van der Waals surface area contributed by atoms with Crippen LogP contribution in [0.5, 0.6) is 0 Å². The Morgan fingerprint density at radius 3 is 2.33 bits per heavy atom. The first-order valence-electron chi connectivity index (χ1n) is 7.09. The number of hydrogen-bond donors (Lipinski definition) is 1. The molecule has 0 spiro atoms. The minimum absolute atomic E-state index is 1.14. The number of rotatable bonds is 2. The Kier molecular flexibility index (Phi) is 2.65. The lowest BCUT2D eigenvalue weighted by Crippen LogP contribution is -1.81. The van der Waals surface area contributed by atoms with Crippen molar-refractivity contribution in [2.24, 2.45) is 0 Å². The Morgan fingerprint density at radius 1 is 0.762 bits per heavy atom. The number of aromatic amines is 1. The van der Waals surface area contributed by atoms with Crippen LogP contribution in [0.1, 0.15) is 5.56 Å². The standard InChI is InChI=1S/C20H15N/c1-2-14-10-12-15(13-11-14)16-7-5-8-18-17-6-3-4-9-19(17)21-20(16)18/h2-13,21H,1H2. The summed E-state index contributed by atoms with van der Waals surface area (Å²) in [4.78, 5) is 3.55. The van der Waals surface area contributed by atoms with Crippen LogP contribution < -0.4 is 0 Å². The first-order valence-corrected chi connectivity index (χ1v) is 7.09. The minimum Gasteiger partial charge on any atom is -0.354 e. The quantitative estimate of drug-likeness (QED) is 0.485. The largest absolute Gasteiger partial charge is 0.354 e. The zero-order valence-corrected chi connectivity index (χ0v) is 11.6. The molecule has 0 aliphatic rings. The van der Waals surface area contributed by atoms with Crippen molar-refractivity contribution < 1.29 is 0 Å². The number of fused-ring (bicyclic) bond motifs is 3. The molecular formula is C20H15N. The Bertz CT molecular complexity index is 943. The summed E-state index contributed by atoms with van der Waals surface area (Å²) in [5.41, 5.74) is 5.98. The van der Waals surface area contributed by atoms with Gasteiger partial charge >= 0.3 is 0 Å². The zero-order chi connectivity index (χ0) is 14.2. The second-order valence-electron chi connectivity index (χ2n) is 5.22. The Hall–Kier alpha value is -2.80. The second kappa shape index (κ2) is 4.64. The van der Waals surface area contributed by atoms with E-state index in [4.69, 9.17) is 0 Å². The Labute approximate surface area is 123 Å². The first-order chi connectivity index (χ1) is 10.4. The highest BCUT2D eigenvalue weighted by Gasteiger charge is 2.08. The van der Waals surface area contributed by atoms with Crippen LogP contribution in [-0.4, -0.2) is 4.98 Å². The van der Waals surface area contributed by atoms with Crippen LogP contribution in [0.2, 0.25) is 0 Å². The molecule has 1 heterocycles. The summed E-state index contributed by atoms with van der Waals surface area (Å²) in [6.45, 7) is 3.81. The van der Waals surface area contributed by atoms with Gasteiger partial charge in [0.05, 0.1) is 5.52 Å². The van der Waals surface area contributed by atoms with Crippen molar-refractivity contribution >= 4 is 27.9 Å². The van der Waals surface area contributed by atoms with E-state index in [-0.39, 0.29) is 0 Å². The van der Waals surface area contributed by atoms with Crippen LogP contribution in [0.25, 0.3) is 39.0 Å². The van der Waals surface area contributed by atoms with E-state index in [1.807, 2.05) is 6.08 Å². The van der Waals surface area contributed by atoms with Crippen LogP contribution >= 0.6 is 0 Å². The summed E-state index contributed by atoms with van der Waals surface area (Å²) >= 11 is 0. The molecule has 0 atom stereocenters. The number of benzene rings is 3. The number of aromatic nitrogens is 1. The molecule has 0 saturated carbocycles. The van der Waals surface area contributed by atoms with Crippen molar-refractivity contribution in [2.45, 2.75) is 0 Å². The topological polar surface area (TPSA) is 15.8 Å². The molecule has 1 aromatic heterocycles. The molecule has 1 heteroatoms. The predicted octanol–water partition coefficient (Wildman–Crippen LogP) is 5.63. The van der Waals surface area contributed by atoms with Crippen molar-refractivity contribution in [1.82, 2.24) is 4.98 Å². The van der Waals surface area contributed by atoms with Crippen LogP contribution in [0, 0.1) is 0 Å². The van der Waals surface area contributed by atoms with Crippen LogP contribution in [0.3, 0.4) is 0 Å². The van der Waals surface area contributed by atoms with Gasteiger partial charge in [0.15, 0.2) is 0 Å². The van der Waals surface area contributed by atoms with Gasteiger partial charge in [-0.05, 0) is 17.2 Å². The van der Waals surface area contributed by atoms with Crippen molar-refractivity contribution in [3.63, 3.8) is 0 Å². The van der Waals surface area contributed by atoms with Gasteiger partial charge in [-0.25, -0.2) is 0 Å². The normalized spacial score (nSPS) is 11.0. The monoisotopic (exact) mass is 269 g/mol. The van der Waals surface area contributed by atoms with Crippen molar-refractivity contribution in [3.05, 3.63) is 78.9 Å². The lowest BCUT2D eigenvalue weighted by Gasteiger charge is -2.04. The maximum atomic E-state index is 3.81. The third-order valence-corrected chi connectivity index (χ3v) is 4.00. The zero-order valence-electron chi connectivity index (χ0n) is 11.6. The molecule has 4 rings (SSSR count). The lowest BCUT2D eigenvalue weighted by atomic mass is 10.0. The summed E-state index contributed by atoms with van der Waals surface area (Å²) in [6.07, 6.45) is 1.87. The summed E-state index contributed by atoms with van der Waals surface area (Å²) in [7, 11) is 0. The van der Waals surface area contributed by atoms with Gasteiger partial charge in [0.1, 0.15) is 0 Å². The predicted molar refractivity (Wildman–Crippen MR) is 91.3 cm³/mol. The van der Waals surface area contributed by atoms with Gasteiger partial charge in [-0.2, -0.15) is 0 Å². The first kappa shape index (κ1) is 12.0. The fourth-order valence-corrected chi connectivity index (χ4v) is 2.91. The van der Waals surface area contributed by atoms with Gasteiger partial charge in [0, 0.05) is 21.9 Å². The van der Waals surface area contributed by atoms with E-state index in [1.54, 1.807) is 0 Å². The summed E-state index contributed by atoms with van der Waals surface area (Å²) < 4.78 is 0. The highest BCUT2D eigenvalue weighted by atomic mass is 14.7. The van der Waals surface area contributed by atoms with Crippen molar-refractivity contribution in [2.75, 3.05) is 0 Å². The second-order valence-corrected chi connectivity index (χ2v) is 5.22.